The Kier molecular flexibility index (Phi) is 5.03. The SMILES string of the molecule is Cc1nn(Cc2ccc(C(N)=S)nc2)c(C)c1-c1ccc(C#N)c(Cl)c1. The minimum Gasteiger partial charge on any atom is -0.388 e. The molecule has 0 bridgehead atoms. The maximum absolute atomic E-state index is 9.04. The van der Waals surface area contributed by atoms with Crippen molar-refractivity contribution in [1.29, 1.82) is 5.26 Å². The van der Waals surface area contributed by atoms with Crippen LogP contribution in [0.3, 0.4) is 0 Å². The zero-order chi connectivity index (χ0) is 18.8. The molecule has 2 heterocycles. The summed E-state index contributed by atoms with van der Waals surface area (Å²) < 4.78 is 1.92. The van der Waals surface area contributed by atoms with Gasteiger partial charge in [0.05, 0.1) is 28.5 Å². The first-order valence-electron chi connectivity index (χ1n) is 7.89. The zero-order valence-electron chi connectivity index (χ0n) is 14.3. The van der Waals surface area contributed by atoms with E-state index in [0.29, 0.717) is 22.8 Å². The second-order valence-electron chi connectivity index (χ2n) is 5.93. The summed E-state index contributed by atoms with van der Waals surface area (Å²) in [6.07, 6.45) is 1.75. The zero-order valence-corrected chi connectivity index (χ0v) is 15.9. The Morgan fingerprint density at radius 2 is 2.08 bits per heavy atom. The molecule has 0 aliphatic rings. The minimum atomic E-state index is 0.280. The van der Waals surface area contributed by atoms with Crippen molar-refractivity contribution in [3.8, 4) is 17.2 Å². The van der Waals surface area contributed by atoms with E-state index in [4.69, 9.17) is 34.8 Å². The number of aromatic nitrogens is 3. The van der Waals surface area contributed by atoms with Gasteiger partial charge in [-0.25, -0.2) is 0 Å². The molecule has 0 fully saturated rings. The molecule has 7 heteroatoms. The van der Waals surface area contributed by atoms with Gasteiger partial charge < -0.3 is 5.73 Å². The fourth-order valence-electron chi connectivity index (χ4n) is 2.87. The maximum atomic E-state index is 9.04. The van der Waals surface area contributed by atoms with Gasteiger partial charge in [-0.05, 0) is 43.2 Å². The van der Waals surface area contributed by atoms with Gasteiger partial charge in [0.2, 0.25) is 0 Å². The number of pyridine rings is 1. The summed E-state index contributed by atoms with van der Waals surface area (Å²) in [7, 11) is 0. The Labute approximate surface area is 162 Å². The lowest BCUT2D eigenvalue weighted by Crippen LogP contribution is -2.12. The van der Waals surface area contributed by atoms with Crippen LogP contribution in [0.1, 0.15) is 28.2 Å². The number of aryl methyl sites for hydroxylation is 1. The number of hydrogen-bond acceptors (Lipinski definition) is 4. The number of nitrogens with two attached hydrogens (primary N) is 1. The van der Waals surface area contributed by atoms with E-state index >= 15 is 0 Å². The van der Waals surface area contributed by atoms with Gasteiger partial charge >= 0.3 is 0 Å². The topological polar surface area (TPSA) is 80.5 Å². The van der Waals surface area contributed by atoms with E-state index in [2.05, 4.69) is 16.2 Å². The molecule has 0 radical (unpaired) electrons. The van der Waals surface area contributed by atoms with Crippen LogP contribution in [0.4, 0.5) is 0 Å². The number of rotatable bonds is 4. The van der Waals surface area contributed by atoms with Gasteiger partial charge in [0.15, 0.2) is 0 Å². The molecule has 3 aromatic rings. The molecule has 0 unspecified atom stereocenters. The van der Waals surface area contributed by atoms with E-state index in [9.17, 15) is 0 Å². The standard InChI is InChI=1S/C19H16ClN5S/c1-11-18(14-4-5-15(8-21)16(20)7-14)12(2)25(24-11)10-13-3-6-17(19(22)26)23-9-13/h3-7,9H,10H2,1-2H3,(H2,22,26). The molecule has 0 aliphatic heterocycles. The van der Waals surface area contributed by atoms with Crippen LogP contribution >= 0.6 is 23.8 Å². The maximum Gasteiger partial charge on any atom is 0.122 e. The predicted octanol–water partition coefficient (Wildman–Crippen LogP) is 3.77. The number of nitriles is 1. The van der Waals surface area contributed by atoms with Gasteiger partial charge in [0, 0.05) is 17.5 Å². The van der Waals surface area contributed by atoms with Gasteiger partial charge in [0.25, 0.3) is 0 Å². The van der Waals surface area contributed by atoms with Crippen LogP contribution in [0.5, 0.6) is 0 Å². The van der Waals surface area contributed by atoms with E-state index in [1.54, 1.807) is 18.3 Å². The third kappa shape index (κ3) is 3.45. The van der Waals surface area contributed by atoms with Crippen molar-refractivity contribution in [1.82, 2.24) is 14.8 Å². The van der Waals surface area contributed by atoms with Gasteiger partial charge in [-0.2, -0.15) is 10.4 Å². The third-order valence-electron chi connectivity index (χ3n) is 4.17. The van der Waals surface area contributed by atoms with E-state index < -0.39 is 0 Å². The Hall–Kier alpha value is -2.75. The Morgan fingerprint density at radius 1 is 1.31 bits per heavy atom. The van der Waals surface area contributed by atoms with Crippen LogP contribution in [-0.4, -0.2) is 19.8 Å². The summed E-state index contributed by atoms with van der Waals surface area (Å²) in [5.74, 6) is 0. The van der Waals surface area contributed by atoms with Crippen molar-refractivity contribution < 1.29 is 0 Å². The number of thiocarbonyl (C=S) groups is 1. The number of nitrogens with zero attached hydrogens (tertiary/aromatic N) is 4. The van der Waals surface area contributed by atoms with Crippen molar-refractivity contribution in [3.05, 3.63) is 69.8 Å². The minimum absolute atomic E-state index is 0.280. The van der Waals surface area contributed by atoms with E-state index in [-0.39, 0.29) is 4.99 Å². The Balaban J connectivity index is 1.94. The highest BCUT2D eigenvalue weighted by Gasteiger charge is 2.15. The average Bonchev–Trinajstić information content (AvgIpc) is 2.89. The average molecular weight is 382 g/mol. The van der Waals surface area contributed by atoms with Crippen LogP contribution in [-0.2, 0) is 6.54 Å². The fourth-order valence-corrected chi connectivity index (χ4v) is 3.21. The lowest BCUT2D eigenvalue weighted by Gasteiger charge is -2.07. The smallest absolute Gasteiger partial charge is 0.122 e. The summed E-state index contributed by atoms with van der Waals surface area (Å²) in [5, 5.41) is 14.1. The van der Waals surface area contributed by atoms with Crippen molar-refractivity contribution >= 4 is 28.8 Å². The highest BCUT2D eigenvalue weighted by atomic mass is 35.5. The molecule has 0 atom stereocenters. The molecule has 26 heavy (non-hydrogen) atoms. The molecule has 1 aromatic carbocycles. The largest absolute Gasteiger partial charge is 0.388 e. The Bertz CT molecular complexity index is 1030. The normalized spacial score (nSPS) is 10.5. The van der Waals surface area contributed by atoms with Crippen LogP contribution < -0.4 is 5.73 Å². The van der Waals surface area contributed by atoms with E-state index in [1.165, 1.54) is 0 Å². The molecule has 0 amide bonds. The summed E-state index contributed by atoms with van der Waals surface area (Å²) in [5.41, 5.74) is 11.5. The lowest BCUT2D eigenvalue weighted by molar-refractivity contribution is 0.657. The lowest BCUT2D eigenvalue weighted by atomic mass is 10.0. The summed E-state index contributed by atoms with van der Waals surface area (Å²) in [6, 6.07) is 11.3. The molecule has 130 valence electrons. The van der Waals surface area contributed by atoms with Crippen molar-refractivity contribution in [2.45, 2.75) is 20.4 Å². The van der Waals surface area contributed by atoms with Gasteiger partial charge in [-0.15, -0.1) is 0 Å². The van der Waals surface area contributed by atoms with Gasteiger partial charge in [-0.1, -0.05) is 36.0 Å². The summed E-state index contributed by atoms with van der Waals surface area (Å²) in [4.78, 5) is 4.55. The monoisotopic (exact) mass is 381 g/mol. The van der Waals surface area contributed by atoms with Crippen LogP contribution in [0.15, 0.2) is 36.5 Å². The third-order valence-corrected chi connectivity index (χ3v) is 4.69. The molecule has 0 spiro atoms. The first kappa shape index (κ1) is 18.1. The molecular formula is C19H16ClN5S. The van der Waals surface area contributed by atoms with Crippen molar-refractivity contribution in [2.24, 2.45) is 5.73 Å². The highest BCUT2D eigenvalue weighted by Crippen LogP contribution is 2.30. The molecule has 5 nitrogen and oxygen atoms in total. The predicted molar refractivity (Wildman–Crippen MR) is 106 cm³/mol. The van der Waals surface area contributed by atoms with Crippen LogP contribution in [0.25, 0.3) is 11.1 Å². The van der Waals surface area contributed by atoms with Gasteiger partial charge in [0.1, 0.15) is 11.1 Å². The van der Waals surface area contributed by atoms with Crippen molar-refractivity contribution in [3.63, 3.8) is 0 Å². The first-order valence-corrected chi connectivity index (χ1v) is 8.68. The van der Waals surface area contributed by atoms with E-state index in [0.717, 1.165) is 28.1 Å². The molecule has 2 N–H and O–H groups in total. The van der Waals surface area contributed by atoms with Crippen molar-refractivity contribution in [2.75, 3.05) is 0 Å². The van der Waals surface area contributed by atoms with Crippen LogP contribution in [0, 0.1) is 25.2 Å². The molecule has 3 rings (SSSR count). The number of halogens is 1. The molecule has 0 saturated heterocycles. The second-order valence-corrected chi connectivity index (χ2v) is 6.77. The molecular weight excluding hydrogens is 366 g/mol. The van der Waals surface area contributed by atoms with E-state index in [1.807, 2.05) is 36.7 Å². The summed E-state index contributed by atoms with van der Waals surface area (Å²) >= 11 is 11.1. The highest BCUT2D eigenvalue weighted by molar-refractivity contribution is 7.80. The quantitative estimate of drug-likeness (QED) is 0.696. The first-order chi connectivity index (χ1) is 12.4. The molecule has 0 saturated carbocycles. The molecule has 0 aliphatic carbocycles. The fraction of sp³-hybridized carbons (Fsp3) is 0.158. The second kappa shape index (κ2) is 7.24. The van der Waals surface area contributed by atoms with Gasteiger partial charge in [-0.3, -0.25) is 9.67 Å². The summed E-state index contributed by atoms with van der Waals surface area (Å²) in [6.45, 7) is 4.55. The Morgan fingerprint density at radius 3 is 2.65 bits per heavy atom. The van der Waals surface area contributed by atoms with Crippen LogP contribution in [0.2, 0.25) is 5.02 Å². The number of benzene rings is 1. The molecule has 2 aromatic heterocycles. The number of hydrogen-bond donors (Lipinski definition) is 1.